The molecule has 0 aliphatic heterocycles. The van der Waals surface area contributed by atoms with E-state index in [0.29, 0.717) is 16.3 Å². The van der Waals surface area contributed by atoms with Crippen LogP contribution in [0.2, 0.25) is 0 Å². The summed E-state index contributed by atoms with van der Waals surface area (Å²) in [4.78, 5) is 0. The molecule has 1 nitrogen and oxygen atoms in total. The van der Waals surface area contributed by atoms with Gasteiger partial charge < -0.3 is 4.42 Å². The van der Waals surface area contributed by atoms with Gasteiger partial charge in [-0.25, -0.2) is 0 Å². The predicted molar refractivity (Wildman–Crippen MR) is 183 cm³/mol. The molecule has 0 aliphatic carbocycles. The van der Waals surface area contributed by atoms with Gasteiger partial charge in [-0.2, -0.15) is 0 Å². The molecule has 0 fully saturated rings. The fraction of sp³-hybridized carbons (Fsp3) is 0. The summed E-state index contributed by atoms with van der Waals surface area (Å²) in [6.45, 7) is 0. The molecule has 0 spiro atoms. The second kappa shape index (κ2) is 9.44. The molecule has 1 heterocycles. The lowest BCUT2D eigenvalue weighted by molar-refractivity contribution is 0.673. The van der Waals surface area contributed by atoms with Crippen molar-refractivity contribution in [2.45, 2.75) is 0 Å². The summed E-state index contributed by atoms with van der Waals surface area (Å²) in [6, 6.07) is 28.9. The van der Waals surface area contributed by atoms with Gasteiger partial charge in [-0.05, 0) is 78.5 Å². The molecular weight excluding hydrogens is 520 g/mol. The van der Waals surface area contributed by atoms with E-state index in [1.807, 2.05) is 66.7 Å². The normalized spacial score (nSPS) is 14.7. The van der Waals surface area contributed by atoms with Crippen molar-refractivity contribution in [1.29, 1.82) is 0 Å². The first-order chi connectivity index (χ1) is 25.1. The van der Waals surface area contributed by atoms with Crippen molar-refractivity contribution >= 4 is 54.3 Å². The topological polar surface area (TPSA) is 13.1 Å². The van der Waals surface area contributed by atoms with Gasteiger partial charge in [0.05, 0.1) is 12.3 Å². The number of hydrogen-bond acceptors (Lipinski definition) is 1. The Morgan fingerprint density at radius 2 is 1.00 bits per heavy atom. The molecule has 0 unspecified atom stereocenters. The van der Waals surface area contributed by atoms with E-state index >= 15 is 0 Å². The van der Waals surface area contributed by atoms with Gasteiger partial charge in [0.2, 0.25) is 0 Å². The fourth-order valence-corrected chi connectivity index (χ4v) is 6.43. The predicted octanol–water partition coefficient (Wildman–Crippen LogP) is 12.0. The van der Waals surface area contributed by atoms with E-state index in [2.05, 4.69) is 36.4 Å². The van der Waals surface area contributed by atoms with Crippen LogP contribution in [0.1, 0.15) is 12.3 Å². The second-order valence-electron chi connectivity index (χ2n) is 10.6. The fourth-order valence-electron chi connectivity index (χ4n) is 6.43. The lowest BCUT2D eigenvalue weighted by Gasteiger charge is -2.19. The molecule has 0 bridgehead atoms. The zero-order chi connectivity index (χ0) is 36.2. The van der Waals surface area contributed by atoms with Crippen molar-refractivity contribution in [2.75, 3.05) is 0 Å². The van der Waals surface area contributed by atoms with Crippen LogP contribution in [0, 0.1) is 0 Å². The molecule has 8 aromatic carbocycles. The Labute approximate surface area is 261 Å². The van der Waals surface area contributed by atoms with Crippen LogP contribution in [0.5, 0.6) is 0 Å². The van der Waals surface area contributed by atoms with Gasteiger partial charge in [0, 0.05) is 16.2 Å². The summed E-state index contributed by atoms with van der Waals surface area (Å²) in [5.74, 6) is 0. The SMILES string of the molecule is [2H]c1c([2H])c([2H])c(-c2c([2H])c([2H])c([2H])c([2H])c2-c2c3ccccc3c(-c3ccc4c(c3)oc3c5ccccc5ccc43)c3ccccc23)c([2H])c1[2H]. The highest BCUT2D eigenvalue weighted by Gasteiger charge is 2.19. The summed E-state index contributed by atoms with van der Waals surface area (Å²) in [7, 11) is 0. The van der Waals surface area contributed by atoms with Gasteiger partial charge in [-0.1, -0.05) is 139 Å². The van der Waals surface area contributed by atoms with E-state index in [1.54, 1.807) is 0 Å². The van der Waals surface area contributed by atoms with Gasteiger partial charge in [-0.3, -0.25) is 0 Å². The Kier molecular flexibility index (Phi) is 3.67. The third-order valence-electron chi connectivity index (χ3n) is 8.27. The lowest BCUT2D eigenvalue weighted by Crippen LogP contribution is -1.92. The Morgan fingerprint density at radius 3 is 1.72 bits per heavy atom. The van der Waals surface area contributed by atoms with Gasteiger partial charge in [0.1, 0.15) is 11.2 Å². The number of furan rings is 1. The van der Waals surface area contributed by atoms with E-state index in [-0.39, 0.29) is 22.7 Å². The first-order valence-corrected chi connectivity index (χ1v) is 14.0. The van der Waals surface area contributed by atoms with Crippen LogP contribution in [0.15, 0.2) is 162 Å². The summed E-state index contributed by atoms with van der Waals surface area (Å²) in [6.07, 6.45) is 0. The molecule has 0 saturated heterocycles. The highest BCUT2D eigenvalue weighted by molar-refractivity contribution is 6.23. The van der Waals surface area contributed by atoms with Crippen LogP contribution in [0.3, 0.4) is 0 Å². The molecular formula is C42H26O. The summed E-state index contributed by atoms with van der Waals surface area (Å²) in [5.41, 5.74) is 3.41. The molecule has 43 heavy (non-hydrogen) atoms. The molecule has 0 N–H and O–H groups in total. The number of fused-ring (bicyclic) bond motifs is 7. The molecule has 0 saturated carbocycles. The molecule has 0 aliphatic rings. The van der Waals surface area contributed by atoms with Gasteiger partial charge in [-0.15, -0.1) is 0 Å². The third kappa shape index (κ3) is 3.65. The lowest BCUT2D eigenvalue weighted by atomic mass is 9.84. The Bertz CT molecular complexity index is 2930. The van der Waals surface area contributed by atoms with Crippen molar-refractivity contribution in [3.8, 4) is 33.4 Å². The van der Waals surface area contributed by atoms with Gasteiger partial charge >= 0.3 is 0 Å². The van der Waals surface area contributed by atoms with Crippen LogP contribution in [-0.2, 0) is 0 Å². The molecule has 0 radical (unpaired) electrons. The van der Waals surface area contributed by atoms with Crippen LogP contribution in [-0.4, -0.2) is 0 Å². The zero-order valence-corrected chi connectivity index (χ0v) is 22.7. The van der Waals surface area contributed by atoms with Gasteiger partial charge in [0.15, 0.2) is 0 Å². The average molecular weight is 556 g/mol. The smallest absolute Gasteiger partial charge is 0.143 e. The summed E-state index contributed by atoms with van der Waals surface area (Å²) >= 11 is 0. The summed E-state index contributed by atoms with van der Waals surface area (Å²) < 4.78 is 84.8. The minimum absolute atomic E-state index is 0.0584. The summed E-state index contributed by atoms with van der Waals surface area (Å²) in [5, 5.41) is 7.07. The van der Waals surface area contributed by atoms with Crippen molar-refractivity contribution in [1.82, 2.24) is 0 Å². The Morgan fingerprint density at radius 1 is 0.419 bits per heavy atom. The molecule has 0 amide bonds. The highest BCUT2D eigenvalue weighted by atomic mass is 16.3. The monoisotopic (exact) mass is 555 g/mol. The van der Waals surface area contributed by atoms with Crippen molar-refractivity contribution in [3.63, 3.8) is 0 Å². The van der Waals surface area contributed by atoms with Crippen molar-refractivity contribution < 1.29 is 16.8 Å². The van der Waals surface area contributed by atoms with Crippen LogP contribution in [0.4, 0.5) is 0 Å². The molecule has 1 heteroatoms. The maximum atomic E-state index is 9.26. The van der Waals surface area contributed by atoms with Crippen LogP contribution < -0.4 is 0 Å². The first kappa shape index (κ1) is 16.7. The highest BCUT2D eigenvalue weighted by Crippen LogP contribution is 2.46. The number of hydrogen-bond donors (Lipinski definition) is 0. The quantitative estimate of drug-likeness (QED) is 0.198. The van der Waals surface area contributed by atoms with E-state index in [9.17, 15) is 1.37 Å². The Balaban J connectivity index is 1.41. The standard InChI is InChI=1S/C42H26O/c1-2-12-27(13-3-1)30-15-6-7-17-33(30)41-36-20-10-8-18-34(36)40(35-19-9-11-21-37(35)41)29-23-24-32-38-25-22-28-14-4-5-16-31(28)42(38)43-39(32)26-29/h1-26H/i1D,2D,3D,6D,7D,12D,13D,15D,17D. The van der Waals surface area contributed by atoms with Crippen LogP contribution >= 0.6 is 0 Å². The molecule has 0 atom stereocenters. The Hall–Kier alpha value is -5.66. The number of rotatable bonds is 3. The maximum Gasteiger partial charge on any atom is 0.143 e. The third-order valence-corrected chi connectivity index (χ3v) is 8.27. The number of benzene rings is 8. The average Bonchev–Trinajstić information content (AvgIpc) is 3.55. The molecule has 9 rings (SSSR count). The maximum absolute atomic E-state index is 9.26. The van der Waals surface area contributed by atoms with Crippen LogP contribution in [0.25, 0.3) is 87.6 Å². The molecule has 1 aromatic heterocycles. The largest absolute Gasteiger partial charge is 0.455 e. The van der Waals surface area contributed by atoms with E-state index in [4.69, 9.17) is 15.4 Å². The van der Waals surface area contributed by atoms with E-state index < -0.39 is 48.3 Å². The minimum atomic E-state index is -0.589. The first-order valence-electron chi connectivity index (χ1n) is 18.5. The van der Waals surface area contributed by atoms with Crippen molar-refractivity contribution in [3.05, 3.63) is 158 Å². The van der Waals surface area contributed by atoms with Gasteiger partial charge in [0.25, 0.3) is 0 Å². The second-order valence-corrected chi connectivity index (χ2v) is 10.6. The molecule has 9 aromatic rings. The zero-order valence-electron chi connectivity index (χ0n) is 31.7. The minimum Gasteiger partial charge on any atom is -0.455 e. The van der Waals surface area contributed by atoms with Crippen molar-refractivity contribution in [2.24, 2.45) is 0 Å². The van der Waals surface area contributed by atoms with E-state index in [1.165, 1.54) is 0 Å². The van der Waals surface area contributed by atoms with E-state index in [0.717, 1.165) is 54.6 Å². The molecule has 200 valence electrons.